The predicted octanol–water partition coefficient (Wildman–Crippen LogP) is 1.09. The molecule has 1 aliphatic heterocycles. The maximum Gasteiger partial charge on any atom is 0.310 e. The molecule has 0 bridgehead atoms. The molecule has 0 N–H and O–H groups in total. The van der Waals surface area contributed by atoms with Crippen molar-refractivity contribution in [3.05, 3.63) is 34.4 Å². The molecular formula is C13H18N2O5S. The molecule has 116 valence electrons. The molecule has 8 heteroatoms. The summed E-state index contributed by atoms with van der Waals surface area (Å²) in [5, 5.41) is 10.8. The molecule has 0 aliphatic carbocycles. The zero-order chi connectivity index (χ0) is 15.5. The van der Waals surface area contributed by atoms with Crippen molar-refractivity contribution >= 4 is 15.5 Å². The van der Waals surface area contributed by atoms with Crippen LogP contribution in [0.25, 0.3) is 0 Å². The van der Waals surface area contributed by atoms with Crippen LogP contribution >= 0.6 is 0 Å². The topological polar surface area (TPSA) is 89.8 Å². The summed E-state index contributed by atoms with van der Waals surface area (Å²) in [5.74, 6) is 0.636. The van der Waals surface area contributed by atoms with Crippen molar-refractivity contribution in [2.45, 2.75) is 12.5 Å². The number of nitro benzene ring substituents is 1. The Kier molecular flexibility index (Phi) is 4.79. The first-order valence-corrected chi connectivity index (χ1v) is 8.48. The number of para-hydroxylation sites is 2. The van der Waals surface area contributed by atoms with Gasteiger partial charge in [0.25, 0.3) is 0 Å². The molecule has 1 aromatic rings. The van der Waals surface area contributed by atoms with Crippen molar-refractivity contribution < 1.29 is 18.1 Å². The summed E-state index contributed by atoms with van der Waals surface area (Å²) in [6, 6.07) is 6.21. The van der Waals surface area contributed by atoms with E-state index in [4.69, 9.17) is 4.74 Å². The van der Waals surface area contributed by atoms with Gasteiger partial charge in [0, 0.05) is 18.7 Å². The Morgan fingerprint density at radius 2 is 2.14 bits per heavy atom. The van der Waals surface area contributed by atoms with Gasteiger partial charge < -0.3 is 4.74 Å². The molecule has 1 heterocycles. The standard InChI is InChI=1S/C13H18N2O5S/c1-14(11-6-9-21(18,19)10-11)7-8-20-13-5-3-2-4-12(13)15(16)17/h2-5,11H,6-10H2,1H3/t11-/m0/s1. The summed E-state index contributed by atoms with van der Waals surface area (Å²) in [5.41, 5.74) is -0.0661. The molecule has 21 heavy (non-hydrogen) atoms. The van der Waals surface area contributed by atoms with Crippen LogP contribution in [0.1, 0.15) is 6.42 Å². The van der Waals surface area contributed by atoms with Crippen LogP contribution in [0.3, 0.4) is 0 Å². The molecule has 0 aromatic heterocycles. The molecule has 0 amide bonds. The monoisotopic (exact) mass is 314 g/mol. The van der Waals surface area contributed by atoms with Crippen LogP contribution in [0.2, 0.25) is 0 Å². The van der Waals surface area contributed by atoms with Crippen molar-refractivity contribution in [2.24, 2.45) is 0 Å². The van der Waals surface area contributed by atoms with Gasteiger partial charge in [-0.3, -0.25) is 15.0 Å². The molecule has 0 spiro atoms. The molecule has 1 saturated heterocycles. The first kappa shape index (κ1) is 15.7. The van der Waals surface area contributed by atoms with Gasteiger partial charge in [-0.2, -0.15) is 0 Å². The number of hydrogen-bond acceptors (Lipinski definition) is 6. The quantitative estimate of drug-likeness (QED) is 0.577. The first-order chi connectivity index (χ1) is 9.89. The Morgan fingerprint density at radius 1 is 1.43 bits per heavy atom. The maximum atomic E-state index is 11.4. The Balaban J connectivity index is 1.86. The molecular weight excluding hydrogens is 296 g/mol. The smallest absolute Gasteiger partial charge is 0.310 e. The van der Waals surface area contributed by atoms with Gasteiger partial charge in [-0.1, -0.05) is 12.1 Å². The Labute approximate surface area is 123 Å². The van der Waals surface area contributed by atoms with Gasteiger partial charge in [0.2, 0.25) is 0 Å². The van der Waals surface area contributed by atoms with E-state index in [2.05, 4.69) is 0 Å². The van der Waals surface area contributed by atoms with Crippen LogP contribution in [-0.4, -0.2) is 56.0 Å². The van der Waals surface area contributed by atoms with Crippen LogP contribution in [-0.2, 0) is 9.84 Å². The van der Waals surface area contributed by atoms with Gasteiger partial charge in [-0.05, 0) is 19.5 Å². The van der Waals surface area contributed by atoms with Crippen LogP contribution in [0.4, 0.5) is 5.69 Å². The average Bonchev–Trinajstić information content (AvgIpc) is 2.79. The number of rotatable bonds is 6. The van der Waals surface area contributed by atoms with E-state index in [0.29, 0.717) is 13.0 Å². The Morgan fingerprint density at radius 3 is 2.76 bits per heavy atom. The second kappa shape index (κ2) is 6.40. The third-order valence-corrected chi connectivity index (χ3v) is 5.35. The fourth-order valence-corrected chi connectivity index (χ4v) is 4.14. The molecule has 2 rings (SSSR count). The summed E-state index contributed by atoms with van der Waals surface area (Å²) < 4.78 is 28.3. The lowest BCUT2D eigenvalue weighted by molar-refractivity contribution is -0.385. The second-order valence-corrected chi connectivity index (χ2v) is 7.34. The summed E-state index contributed by atoms with van der Waals surface area (Å²) in [7, 11) is -1.07. The largest absolute Gasteiger partial charge is 0.485 e. The molecule has 0 unspecified atom stereocenters. The zero-order valence-corrected chi connectivity index (χ0v) is 12.6. The van der Waals surface area contributed by atoms with E-state index in [1.54, 1.807) is 18.2 Å². The lowest BCUT2D eigenvalue weighted by Gasteiger charge is -2.22. The van der Waals surface area contributed by atoms with E-state index < -0.39 is 14.8 Å². The van der Waals surface area contributed by atoms with E-state index in [1.807, 2.05) is 11.9 Å². The summed E-state index contributed by atoms with van der Waals surface area (Å²) >= 11 is 0. The van der Waals surface area contributed by atoms with Crippen LogP contribution in [0.15, 0.2) is 24.3 Å². The molecule has 1 atom stereocenters. The van der Waals surface area contributed by atoms with Gasteiger partial charge >= 0.3 is 5.69 Å². The number of hydrogen-bond donors (Lipinski definition) is 0. The number of ether oxygens (including phenoxy) is 1. The highest BCUT2D eigenvalue weighted by Gasteiger charge is 2.30. The fourth-order valence-electron chi connectivity index (χ4n) is 2.34. The van der Waals surface area contributed by atoms with E-state index in [1.165, 1.54) is 6.07 Å². The zero-order valence-electron chi connectivity index (χ0n) is 11.8. The number of nitrogens with zero attached hydrogens (tertiary/aromatic N) is 2. The highest BCUT2D eigenvalue weighted by atomic mass is 32.2. The maximum absolute atomic E-state index is 11.4. The van der Waals surface area contributed by atoms with Crippen LogP contribution in [0.5, 0.6) is 5.75 Å². The highest BCUT2D eigenvalue weighted by Crippen LogP contribution is 2.25. The van der Waals surface area contributed by atoms with Crippen molar-refractivity contribution in [1.82, 2.24) is 4.90 Å². The van der Waals surface area contributed by atoms with Gasteiger partial charge in [-0.25, -0.2) is 8.42 Å². The van der Waals surface area contributed by atoms with E-state index in [9.17, 15) is 18.5 Å². The SMILES string of the molecule is CN(CCOc1ccccc1[N+](=O)[O-])[C@H]1CCS(=O)(=O)C1. The number of nitro groups is 1. The fraction of sp³-hybridized carbons (Fsp3) is 0.538. The normalized spacial score (nSPS) is 20.6. The second-order valence-electron chi connectivity index (χ2n) is 5.11. The summed E-state index contributed by atoms with van der Waals surface area (Å²) in [4.78, 5) is 12.3. The predicted molar refractivity (Wildman–Crippen MR) is 78.3 cm³/mol. The van der Waals surface area contributed by atoms with Crippen molar-refractivity contribution in [3.63, 3.8) is 0 Å². The van der Waals surface area contributed by atoms with E-state index in [0.717, 1.165) is 0 Å². The molecule has 1 aliphatic rings. The molecule has 1 aromatic carbocycles. The lowest BCUT2D eigenvalue weighted by Crippen LogP contribution is -2.35. The summed E-state index contributed by atoms with van der Waals surface area (Å²) in [6.07, 6.45) is 0.629. The molecule has 1 fully saturated rings. The van der Waals surface area contributed by atoms with E-state index in [-0.39, 0.29) is 35.6 Å². The molecule has 0 radical (unpaired) electrons. The minimum atomic E-state index is -2.91. The van der Waals surface area contributed by atoms with Crippen LogP contribution < -0.4 is 4.74 Å². The molecule has 0 saturated carbocycles. The molecule has 7 nitrogen and oxygen atoms in total. The highest BCUT2D eigenvalue weighted by molar-refractivity contribution is 7.91. The lowest BCUT2D eigenvalue weighted by atomic mass is 10.2. The number of likely N-dealkylation sites (N-methyl/N-ethyl adjacent to an activating group) is 1. The Bertz CT molecular complexity index is 617. The van der Waals surface area contributed by atoms with Gasteiger partial charge in [-0.15, -0.1) is 0 Å². The average molecular weight is 314 g/mol. The summed E-state index contributed by atoms with van der Waals surface area (Å²) in [6.45, 7) is 0.796. The third-order valence-electron chi connectivity index (χ3n) is 3.60. The van der Waals surface area contributed by atoms with Gasteiger partial charge in [0.1, 0.15) is 6.61 Å². The van der Waals surface area contributed by atoms with Gasteiger partial charge in [0.15, 0.2) is 15.6 Å². The van der Waals surface area contributed by atoms with E-state index >= 15 is 0 Å². The van der Waals surface area contributed by atoms with Gasteiger partial charge in [0.05, 0.1) is 16.4 Å². The minimum Gasteiger partial charge on any atom is -0.485 e. The minimum absolute atomic E-state index is 0.00404. The Hall–Kier alpha value is -1.67. The first-order valence-electron chi connectivity index (χ1n) is 6.66. The van der Waals surface area contributed by atoms with Crippen molar-refractivity contribution in [1.29, 1.82) is 0 Å². The number of benzene rings is 1. The van der Waals surface area contributed by atoms with Crippen LogP contribution in [0, 0.1) is 10.1 Å². The number of sulfone groups is 1. The third kappa shape index (κ3) is 4.15. The van der Waals surface area contributed by atoms with Crippen molar-refractivity contribution in [3.8, 4) is 5.75 Å². The van der Waals surface area contributed by atoms with Crippen molar-refractivity contribution in [2.75, 3.05) is 31.7 Å².